The number of aryl methyl sites for hydroxylation is 1. The number of fused-ring (bicyclic) bond motifs is 1. The summed E-state index contributed by atoms with van der Waals surface area (Å²) in [5, 5.41) is 3.22. The van der Waals surface area contributed by atoms with Gasteiger partial charge in [0.15, 0.2) is 0 Å². The van der Waals surface area contributed by atoms with Gasteiger partial charge in [0, 0.05) is 24.5 Å². The molecular formula is C18H22N4O. The first-order chi connectivity index (χ1) is 11.2. The number of nitrogens with one attached hydrogen (secondary N) is 1. The van der Waals surface area contributed by atoms with Crippen molar-refractivity contribution >= 4 is 17.5 Å². The summed E-state index contributed by atoms with van der Waals surface area (Å²) in [5.74, 6) is 0.447. The Labute approximate surface area is 136 Å². The predicted octanol–water partition coefficient (Wildman–Crippen LogP) is 3.28. The molecule has 1 aliphatic heterocycles. The number of amides is 1. The molecule has 1 aromatic heterocycles. The summed E-state index contributed by atoms with van der Waals surface area (Å²) in [6.45, 7) is 4.89. The number of carbonyl (C=O) groups excluding carboxylic acids is 1. The Morgan fingerprint density at radius 3 is 3.00 bits per heavy atom. The van der Waals surface area contributed by atoms with Crippen molar-refractivity contribution < 1.29 is 4.79 Å². The average Bonchev–Trinajstić information content (AvgIpc) is 2.60. The van der Waals surface area contributed by atoms with E-state index in [0.29, 0.717) is 11.6 Å². The summed E-state index contributed by atoms with van der Waals surface area (Å²) in [4.78, 5) is 23.3. The van der Waals surface area contributed by atoms with Gasteiger partial charge in [0.2, 0.25) is 5.95 Å². The molecule has 1 atom stereocenters. The molecular weight excluding hydrogens is 288 g/mol. The molecule has 0 fully saturated rings. The van der Waals surface area contributed by atoms with Crippen LogP contribution in [0.25, 0.3) is 0 Å². The molecule has 1 aliphatic rings. The summed E-state index contributed by atoms with van der Waals surface area (Å²) in [7, 11) is 0. The minimum absolute atomic E-state index is 0.0632. The summed E-state index contributed by atoms with van der Waals surface area (Å²) >= 11 is 0. The van der Waals surface area contributed by atoms with E-state index in [9.17, 15) is 4.79 Å². The molecule has 3 rings (SSSR count). The van der Waals surface area contributed by atoms with Gasteiger partial charge in [0.1, 0.15) is 5.69 Å². The molecule has 2 aromatic rings. The van der Waals surface area contributed by atoms with Gasteiger partial charge >= 0.3 is 0 Å². The Morgan fingerprint density at radius 2 is 2.17 bits per heavy atom. The summed E-state index contributed by atoms with van der Waals surface area (Å²) in [5.41, 5.74) is 2.65. The molecule has 1 aromatic carbocycles. The summed E-state index contributed by atoms with van der Waals surface area (Å²) < 4.78 is 0. The van der Waals surface area contributed by atoms with E-state index in [-0.39, 0.29) is 11.9 Å². The zero-order chi connectivity index (χ0) is 16.2. The minimum Gasteiger partial charge on any atom is -0.352 e. The fourth-order valence-corrected chi connectivity index (χ4v) is 2.75. The third kappa shape index (κ3) is 3.33. The van der Waals surface area contributed by atoms with E-state index in [2.05, 4.69) is 35.2 Å². The number of nitrogens with zero attached hydrogens (tertiary/aromatic N) is 3. The van der Waals surface area contributed by atoms with E-state index in [0.717, 1.165) is 31.5 Å². The van der Waals surface area contributed by atoms with Crippen molar-refractivity contribution in [1.82, 2.24) is 9.97 Å². The van der Waals surface area contributed by atoms with Crippen LogP contribution in [0, 0.1) is 0 Å². The quantitative estimate of drug-likeness (QED) is 0.941. The normalized spacial score (nSPS) is 15.0. The SMILES string of the molecule is CCC(C)Nc1nccc(C(=O)N2CCCc3ccccc32)n1. The summed E-state index contributed by atoms with van der Waals surface area (Å²) in [6.07, 6.45) is 4.61. The lowest BCUT2D eigenvalue weighted by Crippen LogP contribution is -2.36. The molecule has 23 heavy (non-hydrogen) atoms. The highest BCUT2D eigenvalue weighted by Gasteiger charge is 2.24. The van der Waals surface area contributed by atoms with Crippen LogP contribution in [0.5, 0.6) is 0 Å². The van der Waals surface area contributed by atoms with Crippen molar-refractivity contribution in [3.63, 3.8) is 0 Å². The molecule has 0 saturated heterocycles. The number of hydrogen-bond acceptors (Lipinski definition) is 4. The van der Waals surface area contributed by atoms with Gasteiger partial charge in [-0.1, -0.05) is 25.1 Å². The molecule has 0 saturated carbocycles. The fraction of sp³-hybridized carbons (Fsp3) is 0.389. The standard InChI is InChI=1S/C18H22N4O/c1-3-13(2)20-18-19-11-10-15(21-18)17(23)22-12-6-8-14-7-4-5-9-16(14)22/h4-5,7,9-11,13H,3,6,8,12H2,1-2H3,(H,19,20,21). The third-order valence-electron chi connectivity index (χ3n) is 4.22. The highest BCUT2D eigenvalue weighted by Crippen LogP contribution is 2.27. The van der Waals surface area contributed by atoms with Crippen LogP contribution in [0.3, 0.4) is 0 Å². The fourth-order valence-electron chi connectivity index (χ4n) is 2.75. The molecule has 1 amide bonds. The van der Waals surface area contributed by atoms with Crippen LogP contribution >= 0.6 is 0 Å². The Morgan fingerprint density at radius 1 is 1.35 bits per heavy atom. The number of anilines is 2. The van der Waals surface area contributed by atoms with Crippen molar-refractivity contribution in [2.75, 3.05) is 16.8 Å². The number of hydrogen-bond donors (Lipinski definition) is 1. The van der Waals surface area contributed by atoms with Crippen LogP contribution in [0.1, 0.15) is 42.7 Å². The highest BCUT2D eigenvalue weighted by molar-refractivity contribution is 6.05. The zero-order valence-corrected chi connectivity index (χ0v) is 13.6. The smallest absolute Gasteiger partial charge is 0.277 e. The first kappa shape index (κ1) is 15.5. The number of para-hydroxylation sites is 1. The number of rotatable bonds is 4. The van der Waals surface area contributed by atoms with Gasteiger partial charge in [0.25, 0.3) is 5.91 Å². The Hall–Kier alpha value is -2.43. The first-order valence-electron chi connectivity index (χ1n) is 8.18. The van der Waals surface area contributed by atoms with Crippen molar-refractivity contribution in [3.05, 3.63) is 47.8 Å². The summed E-state index contributed by atoms with van der Waals surface area (Å²) in [6, 6.07) is 10.0. The molecule has 1 unspecified atom stereocenters. The van der Waals surface area contributed by atoms with E-state index >= 15 is 0 Å². The molecule has 0 bridgehead atoms. The maximum absolute atomic E-state index is 12.9. The van der Waals surface area contributed by atoms with Crippen LogP contribution in [0.2, 0.25) is 0 Å². The lowest BCUT2D eigenvalue weighted by atomic mass is 10.0. The van der Waals surface area contributed by atoms with Crippen molar-refractivity contribution in [2.24, 2.45) is 0 Å². The van der Waals surface area contributed by atoms with Gasteiger partial charge in [0.05, 0.1) is 0 Å². The van der Waals surface area contributed by atoms with Crippen LogP contribution in [-0.4, -0.2) is 28.5 Å². The van der Waals surface area contributed by atoms with Crippen molar-refractivity contribution in [3.8, 4) is 0 Å². The minimum atomic E-state index is -0.0632. The van der Waals surface area contributed by atoms with E-state index in [4.69, 9.17) is 0 Å². The van der Waals surface area contributed by atoms with Crippen LogP contribution < -0.4 is 10.2 Å². The largest absolute Gasteiger partial charge is 0.352 e. The van der Waals surface area contributed by atoms with Crippen LogP contribution in [0.4, 0.5) is 11.6 Å². The second-order valence-corrected chi connectivity index (χ2v) is 5.91. The maximum atomic E-state index is 12.9. The molecule has 5 nitrogen and oxygen atoms in total. The Balaban J connectivity index is 1.85. The molecule has 5 heteroatoms. The number of aromatic nitrogens is 2. The number of carbonyl (C=O) groups is 1. The maximum Gasteiger partial charge on any atom is 0.277 e. The molecule has 1 N–H and O–H groups in total. The molecule has 0 radical (unpaired) electrons. The van der Waals surface area contributed by atoms with Crippen LogP contribution in [-0.2, 0) is 6.42 Å². The monoisotopic (exact) mass is 310 g/mol. The molecule has 2 heterocycles. The molecule has 0 aliphatic carbocycles. The number of benzene rings is 1. The van der Waals surface area contributed by atoms with Crippen molar-refractivity contribution in [2.45, 2.75) is 39.2 Å². The van der Waals surface area contributed by atoms with Gasteiger partial charge in [-0.2, -0.15) is 0 Å². The highest BCUT2D eigenvalue weighted by atomic mass is 16.2. The van der Waals surface area contributed by atoms with Gasteiger partial charge in [-0.3, -0.25) is 4.79 Å². The molecule has 120 valence electrons. The van der Waals surface area contributed by atoms with Crippen LogP contribution in [0.15, 0.2) is 36.5 Å². The lowest BCUT2D eigenvalue weighted by molar-refractivity contribution is 0.0980. The third-order valence-corrected chi connectivity index (χ3v) is 4.22. The van der Waals surface area contributed by atoms with E-state index < -0.39 is 0 Å². The second kappa shape index (κ2) is 6.77. The Kier molecular flexibility index (Phi) is 4.55. The first-order valence-corrected chi connectivity index (χ1v) is 8.18. The van der Waals surface area contributed by atoms with Gasteiger partial charge < -0.3 is 10.2 Å². The van der Waals surface area contributed by atoms with E-state index in [1.165, 1.54) is 5.56 Å². The topological polar surface area (TPSA) is 58.1 Å². The van der Waals surface area contributed by atoms with E-state index in [1.54, 1.807) is 12.3 Å². The van der Waals surface area contributed by atoms with Gasteiger partial charge in [-0.05, 0) is 43.9 Å². The second-order valence-electron chi connectivity index (χ2n) is 5.91. The molecule has 0 spiro atoms. The van der Waals surface area contributed by atoms with Crippen molar-refractivity contribution in [1.29, 1.82) is 0 Å². The zero-order valence-electron chi connectivity index (χ0n) is 13.6. The predicted molar refractivity (Wildman–Crippen MR) is 91.8 cm³/mol. The average molecular weight is 310 g/mol. The van der Waals surface area contributed by atoms with Gasteiger partial charge in [-0.25, -0.2) is 9.97 Å². The lowest BCUT2D eigenvalue weighted by Gasteiger charge is -2.29. The van der Waals surface area contributed by atoms with E-state index in [1.807, 2.05) is 23.1 Å². The Bertz CT molecular complexity index is 701. The van der Waals surface area contributed by atoms with Gasteiger partial charge in [-0.15, -0.1) is 0 Å².